The molecule has 0 aromatic carbocycles. The molecule has 21 heavy (non-hydrogen) atoms. The van der Waals surface area contributed by atoms with Crippen LogP contribution >= 0.6 is 0 Å². The third kappa shape index (κ3) is 7.27. The van der Waals surface area contributed by atoms with Crippen LogP contribution in [-0.2, 0) is 42.4 Å². The SMILES string of the molecule is O=C(OS(=O)(=O)OS(=O)(=O)OC(=O)C(O)CO)C(O)CO. The molecule has 13 nitrogen and oxygen atoms in total. The molecule has 0 spiro atoms. The normalized spacial score (nSPS) is 15.0. The molecule has 124 valence electrons. The van der Waals surface area contributed by atoms with Crippen molar-refractivity contribution in [3.8, 4) is 0 Å². The second-order valence-corrected chi connectivity index (χ2v) is 5.60. The highest BCUT2D eigenvalue weighted by Crippen LogP contribution is 2.08. The van der Waals surface area contributed by atoms with Gasteiger partial charge in [-0.25, -0.2) is 9.59 Å². The summed E-state index contributed by atoms with van der Waals surface area (Å²) in [5.41, 5.74) is 0. The van der Waals surface area contributed by atoms with Crippen LogP contribution in [0.25, 0.3) is 0 Å². The standard InChI is InChI=1S/C6H10O13S2/c7-1-3(9)5(11)17-20(13,14)19-21(15,16)18-6(12)4(10)2-8/h3-4,7-10H,1-2H2. The van der Waals surface area contributed by atoms with E-state index in [1.807, 2.05) is 0 Å². The zero-order valence-electron chi connectivity index (χ0n) is 9.85. The summed E-state index contributed by atoms with van der Waals surface area (Å²) >= 11 is 0. The molecule has 15 heteroatoms. The smallest absolute Gasteiger partial charge is 0.393 e. The zero-order valence-corrected chi connectivity index (χ0v) is 11.5. The molecule has 0 aliphatic heterocycles. The first-order valence-electron chi connectivity index (χ1n) is 4.69. The number of hydrogen-bond acceptors (Lipinski definition) is 13. The molecule has 0 aromatic heterocycles. The third-order valence-corrected chi connectivity index (χ3v) is 3.50. The Hall–Kier alpha value is -1.36. The minimum absolute atomic E-state index is 1.22. The van der Waals surface area contributed by atoms with Crippen LogP contribution in [0.4, 0.5) is 0 Å². The lowest BCUT2D eigenvalue weighted by Gasteiger charge is -2.09. The maximum atomic E-state index is 11.0. The number of carbonyl (C=O) groups excluding carboxylic acids is 2. The molecule has 4 N–H and O–H groups in total. The molecule has 0 amide bonds. The van der Waals surface area contributed by atoms with E-state index in [0.717, 1.165) is 0 Å². The minimum atomic E-state index is -5.60. The number of carbonyl (C=O) groups is 2. The van der Waals surface area contributed by atoms with Gasteiger partial charge in [0.2, 0.25) is 0 Å². The lowest BCUT2D eigenvalue weighted by atomic mass is 10.4. The number of hydrogen-bond donors (Lipinski definition) is 4. The van der Waals surface area contributed by atoms with Crippen LogP contribution in [0.15, 0.2) is 0 Å². The van der Waals surface area contributed by atoms with E-state index >= 15 is 0 Å². The van der Waals surface area contributed by atoms with Crippen molar-refractivity contribution in [1.29, 1.82) is 0 Å². The van der Waals surface area contributed by atoms with Gasteiger partial charge >= 0.3 is 32.7 Å². The highest BCUT2D eigenvalue weighted by atomic mass is 32.3. The molecule has 0 bridgehead atoms. The van der Waals surface area contributed by atoms with Gasteiger partial charge < -0.3 is 28.8 Å². The number of aliphatic hydroxyl groups is 4. The largest absolute Gasteiger partial charge is 0.469 e. The van der Waals surface area contributed by atoms with Gasteiger partial charge in [-0.3, -0.25) is 0 Å². The molecular formula is C6H10O13S2. The summed E-state index contributed by atoms with van der Waals surface area (Å²) in [6.07, 6.45) is -4.57. The fraction of sp³-hybridized carbons (Fsp3) is 0.667. The highest BCUT2D eigenvalue weighted by molar-refractivity contribution is 7.95. The van der Waals surface area contributed by atoms with Gasteiger partial charge in [-0.05, 0) is 0 Å². The van der Waals surface area contributed by atoms with Crippen LogP contribution in [0.5, 0.6) is 0 Å². The summed E-state index contributed by atoms with van der Waals surface area (Å²) in [6, 6.07) is 0. The monoisotopic (exact) mass is 354 g/mol. The van der Waals surface area contributed by atoms with E-state index in [-0.39, 0.29) is 0 Å². The average Bonchev–Trinajstić information content (AvgIpc) is 2.33. The summed E-state index contributed by atoms with van der Waals surface area (Å²) in [5.74, 6) is -3.93. The van der Waals surface area contributed by atoms with E-state index in [9.17, 15) is 26.4 Å². The van der Waals surface area contributed by atoms with Crippen molar-refractivity contribution < 1.29 is 58.8 Å². The van der Waals surface area contributed by atoms with Gasteiger partial charge in [-0.2, -0.15) is 16.8 Å². The van der Waals surface area contributed by atoms with Crippen LogP contribution in [0.2, 0.25) is 0 Å². The summed E-state index contributed by atoms with van der Waals surface area (Å²) in [5, 5.41) is 34.0. The van der Waals surface area contributed by atoms with Gasteiger partial charge in [0, 0.05) is 0 Å². The second kappa shape index (κ2) is 7.59. The van der Waals surface area contributed by atoms with E-state index in [2.05, 4.69) is 12.0 Å². The van der Waals surface area contributed by atoms with Crippen molar-refractivity contribution in [2.75, 3.05) is 13.2 Å². The first-order valence-corrected chi connectivity index (χ1v) is 7.36. The molecule has 0 radical (unpaired) electrons. The Balaban J connectivity index is 4.85. The third-order valence-electron chi connectivity index (χ3n) is 1.43. The lowest BCUT2D eigenvalue weighted by molar-refractivity contribution is -0.145. The molecule has 0 saturated carbocycles. The van der Waals surface area contributed by atoms with Crippen LogP contribution in [0, 0.1) is 0 Å². The Morgan fingerprint density at radius 1 is 0.810 bits per heavy atom. The fourth-order valence-electron chi connectivity index (χ4n) is 0.591. The Morgan fingerprint density at radius 2 is 1.10 bits per heavy atom. The van der Waals surface area contributed by atoms with E-state index in [0.29, 0.717) is 0 Å². The zero-order chi connectivity index (χ0) is 16.8. The van der Waals surface area contributed by atoms with Crippen molar-refractivity contribution in [1.82, 2.24) is 0 Å². The van der Waals surface area contributed by atoms with E-state index in [4.69, 9.17) is 20.4 Å². The second-order valence-electron chi connectivity index (χ2n) is 3.09. The van der Waals surface area contributed by atoms with Crippen molar-refractivity contribution in [2.24, 2.45) is 0 Å². The van der Waals surface area contributed by atoms with Crippen LogP contribution < -0.4 is 0 Å². The topological polar surface area (TPSA) is 211 Å². The Morgan fingerprint density at radius 3 is 1.33 bits per heavy atom. The first-order chi connectivity index (χ1) is 9.44. The van der Waals surface area contributed by atoms with Crippen molar-refractivity contribution in [2.45, 2.75) is 12.2 Å². The minimum Gasteiger partial charge on any atom is -0.393 e. The molecule has 0 aliphatic carbocycles. The van der Waals surface area contributed by atoms with E-state index in [1.54, 1.807) is 0 Å². The highest BCUT2D eigenvalue weighted by Gasteiger charge is 2.33. The quantitative estimate of drug-likeness (QED) is 0.323. The molecular weight excluding hydrogens is 344 g/mol. The molecule has 0 aromatic rings. The Kier molecular flexibility index (Phi) is 7.10. The summed E-state index contributed by atoms with van der Waals surface area (Å²) < 4.78 is 53.9. The summed E-state index contributed by atoms with van der Waals surface area (Å²) in [7, 11) is -11.2. The van der Waals surface area contributed by atoms with Crippen LogP contribution in [0.3, 0.4) is 0 Å². The molecule has 0 aliphatic rings. The van der Waals surface area contributed by atoms with Crippen molar-refractivity contribution >= 4 is 32.7 Å². The predicted molar refractivity (Wildman–Crippen MR) is 57.3 cm³/mol. The summed E-state index contributed by atoms with van der Waals surface area (Å²) in [6.45, 7) is -2.45. The van der Waals surface area contributed by atoms with Gasteiger partial charge in [-0.1, -0.05) is 3.63 Å². The fourth-order valence-corrected chi connectivity index (χ4v) is 2.25. The van der Waals surface area contributed by atoms with Gasteiger partial charge in [0.15, 0.2) is 12.2 Å². The maximum absolute atomic E-state index is 11.0. The Labute approximate surface area is 117 Å². The van der Waals surface area contributed by atoms with Crippen LogP contribution in [0.1, 0.15) is 0 Å². The van der Waals surface area contributed by atoms with Crippen LogP contribution in [-0.4, -0.2) is 74.6 Å². The average molecular weight is 354 g/mol. The van der Waals surface area contributed by atoms with Crippen molar-refractivity contribution in [3.05, 3.63) is 0 Å². The van der Waals surface area contributed by atoms with Gasteiger partial charge in [0.25, 0.3) is 0 Å². The van der Waals surface area contributed by atoms with E-state index < -0.39 is 58.2 Å². The number of rotatable bonds is 8. The first kappa shape index (κ1) is 19.6. The molecule has 0 saturated heterocycles. The molecule has 2 atom stereocenters. The molecule has 0 fully saturated rings. The van der Waals surface area contributed by atoms with Crippen molar-refractivity contribution in [3.63, 3.8) is 0 Å². The van der Waals surface area contributed by atoms with Gasteiger partial charge in [0.1, 0.15) is 0 Å². The predicted octanol–water partition coefficient (Wildman–Crippen LogP) is -4.71. The lowest BCUT2D eigenvalue weighted by Crippen LogP contribution is -2.33. The summed E-state index contributed by atoms with van der Waals surface area (Å²) in [4.78, 5) is 21.6. The molecule has 2 unspecified atom stereocenters. The Bertz CT molecular complexity index is 522. The van der Waals surface area contributed by atoms with Gasteiger partial charge in [-0.15, -0.1) is 0 Å². The van der Waals surface area contributed by atoms with Gasteiger partial charge in [0.05, 0.1) is 13.2 Å². The number of aliphatic hydroxyl groups excluding tert-OH is 4. The van der Waals surface area contributed by atoms with E-state index in [1.165, 1.54) is 0 Å². The molecule has 0 rings (SSSR count). The maximum Gasteiger partial charge on any atom is 0.469 e. The molecule has 0 heterocycles.